The summed E-state index contributed by atoms with van der Waals surface area (Å²) < 4.78 is 7.01. The zero-order valence-corrected chi connectivity index (χ0v) is 20.9. The van der Waals surface area contributed by atoms with Crippen molar-refractivity contribution in [2.24, 2.45) is 0 Å². The van der Waals surface area contributed by atoms with Crippen LogP contribution >= 0.6 is 0 Å². The molecule has 0 unspecified atom stereocenters. The van der Waals surface area contributed by atoms with Gasteiger partial charge in [-0.3, -0.25) is 9.59 Å². The van der Waals surface area contributed by atoms with Gasteiger partial charge in [0.05, 0.1) is 24.5 Å². The molecule has 3 heterocycles. The normalized spacial score (nSPS) is 17.1. The number of ether oxygens (including phenoxy) is 1. The summed E-state index contributed by atoms with van der Waals surface area (Å²) in [6.45, 7) is 8.18. The molecule has 0 saturated carbocycles. The van der Waals surface area contributed by atoms with Crippen molar-refractivity contribution in [1.29, 1.82) is 0 Å². The van der Waals surface area contributed by atoms with Gasteiger partial charge in [0, 0.05) is 36.7 Å². The van der Waals surface area contributed by atoms with Crippen LogP contribution < -0.4 is 0 Å². The van der Waals surface area contributed by atoms with Gasteiger partial charge in [0.25, 0.3) is 11.7 Å². The van der Waals surface area contributed by atoms with E-state index >= 15 is 0 Å². The number of aromatic nitrogens is 3. The van der Waals surface area contributed by atoms with Gasteiger partial charge in [-0.15, -0.1) is 0 Å². The Morgan fingerprint density at radius 1 is 1.14 bits per heavy atom. The summed E-state index contributed by atoms with van der Waals surface area (Å²) >= 11 is 0. The van der Waals surface area contributed by atoms with E-state index in [1.54, 1.807) is 33.3 Å². The Morgan fingerprint density at radius 3 is 2.50 bits per heavy atom. The number of carbonyl (C=O) groups is 3. The monoisotopic (exact) mass is 490 g/mol. The molecule has 9 heteroatoms. The molecule has 1 amide bonds. The number of aliphatic hydroxyl groups is 1. The lowest BCUT2D eigenvalue weighted by Crippen LogP contribution is -2.31. The predicted octanol–water partition coefficient (Wildman–Crippen LogP) is 3.83. The molecule has 2 N–H and O–H groups in total. The maximum absolute atomic E-state index is 13.3. The lowest BCUT2D eigenvalue weighted by atomic mass is 9.93. The van der Waals surface area contributed by atoms with Crippen LogP contribution in [0.15, 0.2) is 48.6 Å². The molecular weight excluding hydrogens is 460 g/mol. The van der Waals surface area contributed by atoms with Gasteiger partial charge in [-0.25, -0.2) is 9.78 Å². The van der Waals surface area contributed by atoms with E-state index in [0.717, 1.165) is 11.1 Å². The first-order valence-electron chi connectivity index (χ1n) is 11.9. The van der Waals surface area contributed by atoms with Gasteiger partial charge in [-0.2, -0.15) is 0 Å². The van der Waals surface area contributed by atoms with Crippen LogP contribution in [0.25, 0.3) is 5.76 Å². The number of nitrogens with zero attached hydrogens (tertiary/aromatic N) is 3. The van der Waals surface area contributed by atoms with E-state index < -0.39 is 23.7 Å². The molecule has 3 aromatic rings. The summed E-state index contributed by atoms with van der Waals surface area (Å²) in [6, 6.07) is 6.79. The molecular formula is C27H30N4O5. The van der Waals surface area contributed by atoms with Gasteiger partial charge in [-0.05, 0) is 45.2 Å². The van der Waals surface area contributed by atoms with Crippen molar-refractivity contribution in [1.82, 2.24) is 19.4 Å². The lowest BCUT2D eigenvalue weighted by molar-refractivity contribution is -0.139. The Labute approximate surface area is 209 Å². The summed E-state index contributed by atoms with van der Waals surface area (Å²) in [5, 5.41) is 11.5. The van der Waals surface area contributed by atoms with E-state index in [9.17, 15) is 19.5 Å². The number of hydrogen-bond acceptors (Lipinski definition) is 6. The van der Waals surface area contributed by atoms with E-state index in [0.29, 0.717) is 36.3 Å². The topological polar surface area (TPSA) is 118 Å². The Balaban J connectivity index is 1.78. The first kappa shape index (κ1) is 25.0. The Morgan fingerprint density at radius 2 is 1.86 bits per heavy atom. The first-order valence-corrected chi connectivity index (χ1v) is 11.9. The van der Waals surface area contributed by atoms with Gasteiger partial charge in [-0.1, -0.05) is 29.8 Å². The summed E-state index contributed by atoms with van der Waals surface area (Å²) in [6.07, 6.45) is 5.82. The molecule has 0 radical (unpaired) electrons. The largest absolute Gasteiger partial charge is 0.507 e. The van der Waals surface area contributed by atoms with E-state index in [-0.39, 0.29) is 23.6 Å². The fourth-order valence-corrected chi connectivity index (χ4v) is 4.70. The van der Waals surface area contributed by atoms with E-state index in [4.69, 9.17) is 4.74 Å². The molecule has 9 nitrogen and oxygen atoms in total. The lowest BCUT2D eigenvalue weighted by Gasteiger charge is -2.25. The SMILES string of the molecule is CCOC(=O)c1[nH]c(C)c(C(O)=C2C(=O)C(=O)N(CCCn3ccnc3)[C@H]2c2ccc(C)cc2)c1C. The van der Waals surface area contributed by atoms with Gasteiger partial charge >= 0.3 is 5.97 Å². The molecule has 36 heavy (non-hydrogen) atoms. The number of imidazole rings is 1. The van der Waals surface area contributed by atoms with Crippen LogP contribution in [0.3, 0.4) is 0 Å². The summed E-state index contributed by atoms with van der Waals surface area (Å²) in [7, 11) is 0. The third-order valence-electron chi connectivity index (χ3n) is 6.46. The van der Waals surface area contributed by atoms with Crippen LogP contribution in [0, 0.1) is 20.8 Å². The highest BCUT2D eigenvalue weighted by atomic mass is 16.5. The van der Waals surface area contributed by atoms with Gasteiger partial charge in [0.2, 0.25) is 0 Å². The molecule has 1 aliphatic heterocycles. The molecule has 188 valence electrons. The molecule has 1 aliphatic rings. The summed E-state index contributed by atoms with van der Waals surface area (Å²) in [5.41, 5.74) is 3.25. The highest BCUT2D eigenvalue weighted by Crippen LogP contribution is 2.41. The number of aromatic amines is 1. The zero-order valence-electron chi connectivity index (χ0n) is 20.9. The highest BCUT2D eigenvalue weighted by Gasteiger charge is 2.46. The molecule has 0 aliphatic carbocycles. The highest BCUT2D eigenvalue weighted by molar-refractivity contribution is 6.46. The molecule has 1 saturated heterocycles. The van der Waals surface area contributed by atoms with Crippen molar-refractivity contribution in [3.05, 3.63) is 82.2 Å². The van der Waals surface area contributed by atoms with Gasteiger partial charge in [0.15, 0.2) is 0 Å². The fraction of sp³-hybridized carbons (Fsp3) is 0.333. The molecule has 0 spiro atoms. The zero-order chi connectivity index (χ0) is 26.0. The second kappa shape index (κ2) is 10.2. The second-order valence-corrected chi connectivity index (χ2v) is 8.90. The van der Waals surface area contributed by atoms with Crippen molar-refractivity contribution in [3.63, 3.8) is 0 Å². The molecule has 0 bridgehead atoms. The quantitative estimate of drug-likeness (QED) is 0.215. The Bertz CT molecular complexity index is 1320. The number of H-pyrrole nitrogens is 1. The maximum Gasteiger partial charge on any atom is 0.355 e. The van der Waals surface area contributed by atoms with Crippen LogP contribution in [0.1, 0.15) is 57.8 Å². The molecule has 2 aromatic heterocycles. The van der Waals surface area contributed by atoms with Crippen LogP contribution in [-0.2, 0) is 20.9 Å². The number of aryl methyl sites for hydroxylation is 3. The number of hydrogen-bond donors (Lipinski definition) is 2. The summed E-state index contributed by atoms with van der Waals surface area (Å²) in [4.78, 5) is 47.4. The number of Topliss-reactive ketones (excluding diaryl/α,β-unsaturated/α-hetero) is 1. The smallest absolute Gasteiger partial charge is 0.355 e. The van der Waals surface area contributed by atoms with Gasteiger partial charge in [0.1, 0.15) is 11.5 Å². The number of amides is 1. The number of carbonyl (C=O) groups excluding carboxylic acids is 3. The third kappa shape index (κ3) is 4.56. The van der Waals surface area contributed by atoms with Gasteiger partial charge < -0.3 is 24.3 Å². The number of aliphatic hydroxyl groups excluding tert-OH is 1. The molecule has 1 aromatic carbocycles. The second-order valence-electron chi connectivity index (χ2n) is 8.90. The number of esters is 1. The number of nitrogens with one attached hydrogen (secondary N) is 1. The maximum atomic E-state index is 13.3. The average molecular weight is 491 g/mol. The fourth-order valence-electron chi connectivity index (χ4n) is 4.70. The molecule has 4 rings (SSSR count). The van der Waals surface area contributed by atoms with Crippen molar-refractivity contribution in [2.45, 2.75) is 46.7 Å². The first-order chi connectivity index (χ1) is 17.2. The average Bonchev–Trinajstić information content (AvgIpc) is 3.53. The third-order valence-corrected chi connectivity index (χ3v) is 6.46. The summed E-state index contributed by atoms with van der Waals surface area (Å²) in [5.74, 6) is -2.27. The van der Waals surface area contributed by atoms with Crippen molar-refractivity contribution >= 4 is 23.4 Å². The predicted molar refractivity (Wildman–Crippen MR) is 133 cm³/mol. The minimum Gasteiger partial charge on any atom is -0.507 e. The minimum absolute atomic E-state index is 0.00657. The number of ketones is 1. The van der Waals surface area contributed by atoms with Crippen LogP contribution in [-0.4, -0.2) is 55.4 Å². The van der Waals surface area contributed by atoms with Crippen LogP contribution in [0.5, 0.6) is 0 Å². The van der Waals surface area contributed by atoms with E-state index in [1.807, 2.05) is 42.0 Å². The number of rotatable bonds is 8. The number of benzene rings is 1. The van der Waals surface area contributed by atoms with Crippen molar-refractivity contribution in [3.8, 4) is 0 Å². The standard InChI is InChI=1S/C27H30N4O5/c1-5-36-27(35)22-17(3)20(18(4)29-22)24(32)21-23(19-9-7-16(2)8-10-19)31(26(34)25(21)33)13-6-12-30-14-11-28-15-30/h7-11,14-15,23,29,32H,5-6,12-13H2,1-4H3/t23-/m0/s1. The number of likely N-dealkylation sites (tertiary alicyclic amines) is 1. The van der Waals surface area contributed by atoms with Crippen LogP contribution in [0.4, 0.5) is 0 Å². The van der Waals surface area contributed by atoms with Crippen molar-refractivity contribution < 1.29 is 24.2 Å². The Kier molecular flexibility index (Phi) is 7.10. The minimum atomic E-state index is -0.756. The van der Waals surface area contributed by atoms with E-state index in [2.05, 4.69) is 9.97 Å². The van der Waals surface area contributed by atoms with Crippen molar-refractivity contribution in [2.75, 3.05) is 13.2 Å². The molecule has 1 fully saturated rings. The molecule has 1 atom stereocenters. The Hall–Kier alpha value is -4.14. The van der Waals surface area contributed by atoms with Crippen LogP contribution in [0.2, 0.25) is 0 Å². The van der Waals surface area contributed by atoms with E-state index in [1.165, 1.54) is 4.90 Å².